The van der Waals surface area contributed by atoms with Gasteiger partial charge in [0.05, 0.1) is 0 Å². The maximum Gasteiger partial charge on any atom is 0.419 e. The standard InChI is InChI=1S/C7H13N3O4/c11-6(12)8-5-3-1-2-4-10(5)9-7(13)14/h5,8-9H,1-4H2,(H,11,12)(H,13,14). The smallest absolute Gasteiger partial charge is 0.419 e. The van der Waals surface area contributed by atoms with Crippen LogP contribution in [-0.2, 0) is 0 Å². The van der Waals surface area contributed by atoms with Crippen molar-refractivity contribution in [1.29, 1.82) is 0 Å². The molecule has 0 spiro atoms. The van der Waals surface area contributed by atoms with Crippen molar-refractivity contribution in [2.75, 3.05) is 6.54 Å². The summed E-state index contributed by atoms with van der Waals surface area (Å²) in [5.74, 6) is 0. The predicted molar refractivity (Wildman–Crippen MR) is 46.7 cm³/mol. The Bertz CT molecular complexity index is 209. The highest BCUT2D eigenvalue weighted by atomic mass is 16.4. The average molecular weight is 203 g/mol. The van der Waals surface area contributed by atoms with Gasteiger partial charge in [-0.05, 0) is 19.3 Å². The summed E-state index contributed by atoms with van der Waals surface area (Å²) in [4.78, 5) is 20.8. The molecule has 0 aromatic carbocycles. The number of piperidine rings is 1. The number of carboxylic acid groups (broad SMARTS) is 2. The fourth-order valence-electron chi connectivity index (χ4n) is 1.48. The topological polar surface area (TPSA) is 102 Å². The molecule has 1 rings (SSSR count). The molecule has 80 valence electrons. The van der Waals surface area contributed by atoms with Crippen LogP contribution in [0, 0.1) is 0 Å². The Kier molecular flexibility index (Phi) is 3.52. The molecule has 1 aliphatic rings. The van der Waals surface area contributed by atoms with Crippen LogP contribution in [0.2, 0.25) is 0 Å². The third kappa shape index (κ3) is 3.09. The second-order valence-corrected chi connectivity index (χ2v) is 3.07. The highest BCUT2D eigenvalue weighted by molar-refractivity contribution is 5.65. The van der Waals surface area contributed by atoms with E-state index in [9.17, 15) is 9.59 Å². The summed E-state index contributed by atoms with van der Waals surface area (Å²) in [6, 6.07) is 0. The van der Waals surface area contributed by atoms with E-state index in [2.05, 4.69) is 10.7 Å². The van der Waals surface area contributed by atoms with E-state index in [1.807, 2.05) is 0 Å². The van der Waals surface area contributed by atoms with Crippen LogP contribution in [0.3, 0.4) is 0 Å². The molecule has 7 nitrogen and oxygen atoms in total. The van der Waals surface area contributed by atoms with Crippen LogP contribution >= 0.6 is 0 Å². The Hall–Kier alpha value is -1.50. The molecule has 4 N–H and O–H groups in total. The molecule has 0 aromatic rings. The highest BCUT2D eigenvalue weighted by Crippen LogP contribution is 2.12. The minimum atomic E-state index is -1.18. The Labute approximate surface area is 80.7 Å². The molecule has 1 atom stereocenters. The summed E-state index contributed by atoms with van der Waals surface area (Å²) >= 11 is 0. The zero-order chi connectivity index (χ0) is 10.6. The SMILES string of the molecule is O=C(O)NC1CCCCN1NC(=O)O. The van der Waals surface area contributed by atoms with Gasteiger partial charge in [0, 0.05) is 6.54 Å². The van der Waals surface area contributed by atoms with Crippen molar-refractivity contribution in [1.82, 2.24) is 15.8 Å². The van der Waals surface area contributed by atoms with E-state index in [-0.39, 0.29) is 0 Å². The van der Waals surface area contributed by atoms with Gasteiger partial charge in [-0.3, -0.25) is 5.43 Å². The Morgan fingerprint density at radius 1 is 1.21 bits per heavy atom. The molecule has 7 heteroatoms. The van der Waals surface area contributed by atoms with Gasteiger partial charge in [-0.1, -0.05) is 0 Å². The Morgan fingerprint density at radius 3 is 2.50 bits per heavy atom. The molecule has 1 fully saturated rings. The number of carbonyl (C=O) groups is 2. The van der Waals surface area contributed by atoms with E-state index in [1.54, 1.807) is 0 Å². The minimum absolute atomic E-state index is 0.461. The van der Waals surface area contributed by atoms with Crippen LogP contribution in [0.15, 0.2) is 0 Å². The fourth-order valence-corrected chi connectivity index (χ4v) is 1.48. The lowest BCUT2D eigenvalue weighted by Crippen LogP contribution is -2.57. The van der Waals surface area contributed by atoms with Gasteiger partial charge < -0.3 is 15.5 Å². The molecule has 1 unspecified atom stereocenters. The molecule has 0 aliphatic carbocycles. The molecule has 0 bridgehead atoms. The highest BCUT2D eigenvalue weighted by Gasteiger charge is 2.24. The van der Waals surface area contributed by atoms with E-state index >= 15 is 0 Å². The summed E-state index contributed by atoms with van der Waals surface area (Å²) in [6.07, 6.45) is -0.413. The summed E-state index contributed by atoms with van der Waals surface area (Å²) in [5.41, 5.74) is 2.16. The Morgan fingerprint density at radius 2 is 1.93 bits per heavy atom. The summed E-state index contributed by atoms with van der Waals surface area (Å²) in [7, 11) is 0. The number of nitrogens with one attached hydrogen (secondary N) is 2. The summed E-state index contributed by atoms with van der Waals surface area (Å²) in [6.45, 7) is 0.525. The number of rotatable bonds is 2. The number of hydrogen-bond acceptors (Lipinski definition) is 3. The number of amides is 2. The van der Waals surface area contributed by atoms with Gasteiger partial charge in [-0.2, -0.15) is 5.01 Å². The van der Waals surface area contributed by atoms with E-state index in [1.165, 1.54) is 5.01 Å². The molecule has 1 saturated heterocycles. The quantitative estimate of drug-likeness (QED) is 0.515. The van der Waals surface area contributed by atoms with Crippen LogP contribution in [-0.4, -0.2) is 40.1 Å². The first-order chi connectivity index (χ1) is 6.59. The van der Waals surface area contributed by atoms with E-state index in [0.717, 1.165) is 12.8 Å². The summed E-state index contributed by atoms with van der Waals surface area (Å²) in [5, 5.41) is 20.6. The van der Waals surface area contributed by atoms with E-state index in [0.29, 0.717) is 13.0 Å². The van der Waals surface area contributed by atoms with E-state index < -0.39 is 18.4 Å². The van der Waals surface area contributed by atoms with Crippen molar-refractivity contribution >= 4 is 12.2 Å². The molecule has 0 aromatic heterocycles. The van der Waals surface area contributed by atoms with Gasteiger partial charge in [-0.25, -0.2) is 9.59 Å². The number of nitrogens with zero attached hydrogens (tertiary/aromatic N) is 1. The third-order valence-corrected chi connectivity index (χ3v) is 2.03. The van der Waals surface area contributed by atoms with Crippen LogP contribution in [0.25, 0.3) is 0 Å². The van der Waals surface area contributed by atoms with Gasteiger partial charge in [0.15, 0.2) is 0 Å². The second-order valence-electron chi connectivity index (χ2n) is 3.07. The van der Waals surface area contributed by atoms with Gasteiger partial charge in [-0.15, -0.1) is 0 Å². The number of hydrogen-bond donors (Lipinski definition) is 4. The van der Waals surface area contributed by atoms with Crippen LogP contribution in [0.1, 0.15) is 19.3 Å². The predicted octanol–water partition coefficient (Wildman–Crippen LogP) is 0.249. The van der Waals surface area contributed by atoms with Gasteiger partial charge >= 0.3 is 12.2 Å². The van der Waals surface area contributed by atoms with Crippen molar-refractivity contribution in [3.05, 3.63) is 0 Å². The molecule has 0 radical (unpaired) electrons. The number of hydrazine groups is 1. The van der Waals surface area contributed by atoms with Crippen LogP contribution in [0.5, 0.6) is 0 Å². The molecule has 1 heterocycles. The average Bonchev–Trinajstić information content (AvgIpc) is 2.06. The normalized spacial score (nSPS) is 22.7. The zero-order valence-corrected chi connectivity index (χ0v) is 7.56. The zero-order valence-electron chi connectivity index (χ0n) is 7.56. The maximum atomic E-state index is 10.4. The molecular weight excluding hydrogens is 190 g/mol. The van der Waals surface area contributed by atoms with Gasteiger partial charge in [0.1, 0.15) is 6.17 Å². The minimum Gasteiger partial charge on any atom is -0.465 e. The lowest BCUT2D eigenvalue weighted by molar-refractivity contribution is 0.0611. The summed E-state index contributed by atoms with van der Waals surface area (Å²) < 4.78 is 0. The van der Waals surface area contributed by atoms with Gasteiger partial charge in [0.25, 0.3) is 0 Å². The maximum absolute atomic E-state index is 10.4. The fraction of sp³-hybridized carbons (Fsp3) is 0.714. The molecule has 2 amide bonds. The monoisotopic (exact) mass is 203 g/mol. The van der Waals surface area contributed by atoms with Crippen LogP contribution < -0.4 is 10.7 Å². The molecule has 0 saturated carbocycles. The lowest BCUT2D eigenvalue weighted by Gasteiger charge is -2.34. The first-order valence-corrected chi connectivity index (χ1v) is 4.35. The molecule has 14 heavy (non-hydrogen) atoms. The first kappa shape index (κ1) is 10.6. The van der Waals surface area contributed by atoms with E-state index in [4.69, 9.17) is 10.2 Å². The molecular formula is C7H13N3O4. The largest absolute Gasteiger partial charge is 0.465 e. The molecule has 1 aliphatic heterocycles. The van der Waals surface area contributed by atoms with Gasteiger partial charge in [0.2, 0.25) is 0 Å². The van der Waals surface area contributed by atoms with Crippen molar-refractivity contribution in [3.63, 3.8) is 0 Å². The van der Waals surface area contributed by atoms with Crippen molar-refractivity contribution < 1.29 is 19.8 Å². The lowest BCUT2D eigenvalue weighted by atomic mass is 10.1. The van der Waals surface area contributed by atoms with Crippen molar-refractivity contribution in [2.24, 2.45) is 0 Å². The second kappa shape index (κ2) is 4.66. The first-order valence-electron chi connectivity index (χ1n) is 4.35. The van der Waals surface area contributed by atoms with Crippen LogP contribution in [0.4, 0.5) is 9.59 Å². The van der Waals surface area contributed by atoms with Crippen molar-refractivity contribution in [3.8, 4) is 0 Å². The third-order valence-electron chi connectivity index (χ3n) is 2.03. The Balaban J connectivity index is 2.49. The van der Waals surface area contributed by atoms with Crippen molar-refractivity contribution in [2.45, 2.75) is 25.4 Å².